The molecule has 1 aromatic rings. The van der Waals surface area contributed by atoms with Gasteiger partial charge in [0, 0.05) is 18.1 Å². The first-order valence-electron chi connectivity index (χ1n) is 7.05. The van der Waals surface area contributed by atoms with Gasteiger partial charge < -0.3 is 9.47 Å². The smallest absolute Gasteiger partial charge is 0.164 e. The Hall–Kier alpha value is -1.22. The van der Waals surface area contributed by atoms with Crippen LogP contribution >= 0.6 is 11.6 Å². The molecular formula is C16H23ClO3. The Kier molecular flexibility index (Phi) is 6.34. The van der Waals surface area contributed by atoms with Crippen molar-refractivity contribution in [3.63, 3.8) is 0 Å². The molecule has 20 heavy (non-hydrogen) atoms. The molecule has 1 rings (SSSR count). The van der Waals surface area contributed by atoms with Crippen LogP contribution in [-0.2, 0) is 0 Å². The Morgan fingerprint density at radius 3 is 2.05 bits per heavy atom. The van der Waals surface area contributed by atoms with Gasteiger partial charge in [0.05, 0.1) is 17.2 Å². The lowest BCUT2D eigenvalue weighted by atomic mass is 10.1. The molecule has 0 aliphatic carbocycles. The highest BCUT2D eigenvalue weighted by molar-refractivity contribution is 6.34. The van der Waals surface area contributed by atoms with Crippen molar-refractivity contribution in [2.45, 2.75) is 59.7 Å². The molecule has 0 saturated heterocycles. The summed E-state index contributed by atoms with van der Waals surface area (Å²) in [6.07, 6.45) is 1.28. The minimum atomic E-state index is -0.000171. The molecule has 3 nitrogen and oxygen atoms in total. The first-order valence-corrected chi connectivity index (χ1v) is 7.43. The number of benzene rings is 1. The van der Waals surface area contributed by atoms with Crippen LogP contribution in [0.15, 0.2) is 12.1 Å². The van der Waals surface area contributed by atoms with Crippen LogP contribution in [0.5, 0.6) is 11.5 Å². The Morgan fingerprint density at radius 2 is 1.60 bits per heavy atom. The average molecular weight is 299 g/mol. The number of hydrogen-bond acceptors (Lipinski definition) is 3. The van der Waals surface area contributed by atoms with Gasteiger partial charge in [0.1, 0.15) is 0 Å². The van der Waals surface area contributed by atoms with Crippen molar-refractivity contribution in [3.8, 4) is 11.5 Å². The molecule has 0 heterocycles. The summed E-state index contributed by atoms with van der Waals surface area (Å²) in [5.41, 5.74) is 0.500. The lowest BCUT2D eigenvalue weighted by Gasteiger charge is -2.18. The van der Waals surface area contributed by atoms with Gasteiger partial charge in [-0.1, -0.05) is 18.5 Å². The fourth-order valence-corrected chi connectivity index (χ4v) is 2.06. The van der Waals surface area contributed by atoms with Gasteiger partial charge in [-0.2, -0.15) is 0 Å². The summed E-state index contributed by atoms with van der Waals surface area (Å²) in [4.78, 5) is 12.1. The molecule has 0 unspecified atom stereocenters. The van der Waals surface area contributed by atoms with Crippen molar-refractivity contribution in [1.29, 1.82) is 0 Å². The van der Waals surface area contributed by atoms with E-state index < -0.39 is 0 Å². The summed E-state index contributed by atoms with van der Waals surface area (Å²) >= 11 is 6.20. The molecule has 0 spiro atoms. The summed E-state index contributed by atoms with van der Waals surface area (Å²) in [5, 5.41) is 0.412. The molecular weight excluding hydrogens is 276 g/mol. The van der Waals surface area contributed by atoms with E-state index in [0.29, 0.717) is 28.5 Å². The van der Waals surface area contributed by atoms with E-state index in [-0.39, 0.29) is 18.0 Å². The molecule has 0 atom stereocenters. The highest BCUT2D eigenvalue weighted by atomic mass is 35.5. The number of ether oxygens (including phenoxy) is 2. The number of hydrogen-bond donors (Lipinski definition) is 0. The van der Waals surface area contributed by atoms with Gasteiger partial charge >= 0.3 is 0 Å². The molecule has 4 heteroatoms. The van der Waals surface area contributed by atoms with Gasteiger partial charge in [-0.15, -0.1) is 0 Å². The van der Waals surface area contributed by atoms with E-state index >= 15 is 0 Å². The van der Waals surface area contributed by atoms with E-state index in [1.54, 1.807) is 12.1 Å². The second kappa shape index (κ2) is 7.53. The van der Waals surface area contributed by atoms with Crippen LogP contribution in [0.3, 0.4) is 0 Å². The summed E-state index contributed by atoms with van der Waals surface area (Å²) in [6, 6.07) is 3.36. The monoisotopic (exact) mass is 298 g/mol. The number of ketones is 1. The third kappa shape index (κ3) is 4.71. The lowest BCUT2D eigenvalue weighted by Crippen LogP contribution is -2.12. The molecule has 0 aromatic heterocycles. The Labute approximate surface area is 126 Å². The SMILES string of the molecule is CCCC(=O)c1cc(OC(C)C)c(OC(C)C)cc1Cl. The fourth-order valence-electron chi connectivity index (χ4n) is 1.80. The van der Waals surface area contributed by atoms with Gasteiger partial charge in [0.2, 0.25) is 0 Å². The second-order valence-corrected chi connectivity index (χ2v) is 5.69. The summed E-state index contributed by atoms with van der Waals surface area (Å²) in [5.74, 6) is 1.17. The predicted molar refractivity (Wildman–Crippen MR) is 82.2 cm³/mol. The maximum absolute atomic E-state index is 12.1. The topological polar surface area (TPSA) is 35.5 Å². The van der Waals surface area contributed by atoms with Crippen molar-refractivity contribution in [2.24, 2.45) is 0 Å². The zero-order valence-corrected chi connectivity index (χ0v) is 13.6. The van der Waals surface area contributed by atoms with E-state index in [1.165, 1.54) is 0 Å². The van der Waals surface area contributed by atoms with E-state index in [4.69, 9.17) is 21.1 Å². The molecule has 0 fully saturated rings. The van der Waals surface area contributed by atoms with E-state index in [2.05, 4.69) is 0 Å². The maximum Gasteiger partial charge on any atom is 0.164 e. The van der Waals surface area contributed by atoms with Crippen molar-refractivity contribution in [2.75, 3.05) is 0 Å². The highest BCUT2D eigenvalue weighted by Crippen LogP contribution is 2.35. The summed E-state index contributed by atoms with van der Waals surface area (Å²) in [7, 11) is 0. The van der Waals surface area contributed by atoms with Gasteiger partial charge in [0.25, 0.3) is 0 Å². The first-order chi connectivity index (χ1) is 9.35. The molecule has 0 N–H and O–H groups in total. The average Bonchev–Trinajstić information content (AvgIpc) is 2.31. The van der Waals surface area contributed by atoms with Crippen LogP contribution in [0.1, 0.15) is 57.8 Å². The molecule has 0 radical (unpaired) electrons. The number of carbonyl (C=O) groups is 1. The van der Waals surface area contributed by atoms with Gasteiger partial charge in [0.15, 0.2) is 17.3 Å². The zero-order valence-electron chi connectivity index (χ0n) is 12.8. The second-order valence-electron chi connectivity index (χ2n) is 5.29. The normalized spacial score (nSPS) is 11.0. The molecule has 1 aromatic carbocycles. The number of rotatable bonds is 7. The van der Waals surface area contributed by atoms with E-state index in [1.807, 2.05) is 34.6 Å². The van der Waals surface area contributed by atoms with Gasteiger partial charge in [-0.05, 0) is 40.2 Å². The molecule has 112 valence electrons. The third-order valence-electron chi connectivity index (χ3n) is 2.54. The number of carbonyl (C=O) groups excluding carboxylic acids is 1. The minimum absolute atomic E-state index is 0.000171. The van der Waals surface area contributed by atoms with Gasteiger partial charge in [-0.3, -0.25) is 4.79 Å². The Morgan fingerprint density at radius 1 is 1.10 bits per heavy atom. The van der Waals surface area contributed by atoms with Crippen LogP contribution in [0.2, 0.25) is 5.02 Å². The van der Waals surface area contributed by atoms with Crippen LogP contribution in [0.25, 0.3) is 0 Å². The predicted octanol–water partition coefficient (Wildman–Crippen LogP) is 4.90. The van der Waals surface area contributed by atoms with Crippen molar-refractivity contribution in [3.05, 3.63) is 22.7 Å². The minimum Gasteiger partial charge on any atom is -0.487 e. The van der Waals surface area contributed by atoms with Crippen LogP contribution in [-0.4, -0.2) is 18.0 Å². The van der Waals surface area contributed by atoms with Crippen molar-refractivity contribution < 1.29 is 14.3 Å². The number of Topliss-reactive ketones (excluding diaryl/α,β-unsaturated/α-hetero) is 1. The van der Waals surface area contributed by atoms with E-state index in [9.17, 15) is 4.79 Å². The van der Waals surface area contributed by atoms with Gasteiger partial charge in [-0.25, -0.2) is 0 Å². The summed E-state index contributed by atoms with van der Waals surface area (Å²) in [6.45, 7) is 9.70. The molecule has 0 amide bonds. The van der Waals surface area contributed by atoms with Crippen LogP contribution < -0.4 is 9.47 Å². The first kappa shape index (κ1) is 16.8. The van der Waals surface area contributed by atoms with Crippen molar-refractivity contribution in [1.82, 2.24) is 0 Å². The largest absolute Gasteiger partial charge is 0.487 e. The fraction of sp³-hybridized carbons (Fsp3) is 0.562. The lowest BCUT2D eigenvalue weighted by molar-refractivity contribution is 0.0981. The van der Waals surface area contributed by atoms with Crippen molar-refractivity contribution >= 4 is 17.4 Å². The molecule has 0 saturated carbocycles. The van der Waals surface area contributed by atoms with Crippen LogP contribution in [0, 0.1) is 0 Å². The quantitative estimate of drug-likeness (QED) is 0.672. The number of halogens is 1. The Balaban J connectivity index is 3.20. The molecule has 0 bridgehead atoms. The summed E-state index contributed by atoms with van der Waals surface area (Å²) < 4.78 is 11.4. The van der Waals surface area contributed by atoms with Crippen LogP contribution in [0.4, 0.5) is 0 Å². The third-order valence-corrected chi connectivity index (χ3v) is 2.85. The molecule has 0 aliphatic rings. The maximum atomic E-state index is 12.1. The standard InChI is InChI=1S/C16H23ClO3/c1-6-7-14(18)12-8-15(19-10(2)3)16(9-13(12)17)20-11(4)5/h8-11H,6-7H2,1-5H3. The highest BCUT2D eigenvalue weighted by Gasteiger charge is 2.17. The van der Waals surface area contributed by atoms with E-state index in [0.717, 1.165) is 6.42 Å². The zero-order chi connectivity index (χ0) is 15.3. The molecule has 0 aliphatic heterocycles. The Bertz CT molecular complexity index is 467.